The third kappa shape index (κ3) is 4.37. The van der Waals surface area contributed by atoms with Crippen molar-refractivity contribution in [3.8, 4) is 0 Å². The second kappa shape index (κ2) is 6.68. The predicted octanol–water partition coefficient (Wildman–Crippen LogP) is -2.38. The Bertz CT molecular complexity index is 511. The number of nitrogens with zero attached hydrogens (tertiary/aromatic N) is 1. The number of aliphatic imine (C=N–C) groups is 1. The Balaban J connectivity index is 0.00000289. The van der Waals surface area contributed by atoms with E-state index in [0.29, 0.717) is 0 Å². The average Bonchev–Trinajstić information content (AvgIpc) is 2.25. The van der Waals surface area contributed by atoms with Crippen molar-refractivity contribution in [3.05, 3.63) is 35.9 Å². The first kappa shape index (κ1) is 17.6. The van der Waals surface area contributed by atoms with Crippen LogP contribution in [-0.2, 0) is 16.7 Å². The van der Waals surface area contributed by atoms with E-state index in [1.807, 2.05) is 6.07 Å². The molecule has 0 radical (unpaired) electrons. The van der Waals surface area contributed by atoms with Gasteiger partial charge >= 0.3 is 29.6 Å². The molecular formula is C11H14NNaO4S. The van der Waals surface area contributed by atoms with Gasteiger partial charge in [0.25, 0.3) is 10.1 Å². The van der Waals surface area contributed by atoms with Crippen LogP contribution >= 0.6 is 0 Å². The molecule has 1 N–H and O–H groups in total. The Morgan fingerprint density at radius 2 is 1.83 bits per heavy atom. The quantitative estimate of drug-likeness (QED) is 0.288. The second-order valence-corrected chi connectivity index (χ2v) is 6.06. The first-order chi connectivity index (χ1) is 7.75. The Morgan fingerprint density at radius 1 is 1.33 bits per heavy atom. The summed E-state index contributed by atoms with van der Waals surface area (Å²) in [6.07, 6.45) is 0. The molecule has 0 aliphatic rings. The predicted molar refractivity (Wildman–Crippen MR) is 63.2 cm³/mol. The Morgan fingerprint density at radius 3 is 2.28 bits per heavy atom. The van der Waals surface area contributed by atoms with Gasteiger partial charge in [-0.15, -0.1) is 0 Å². The Kier molecular flexibility index (Phi) is 6.53. The molecule has 0 heterocycles. The monoisotopic (exact) mass is 279 g/mol. The van der Waals surface area contributed by atoms with E-state index in [1.165, 1.54) is 0 Å². The van der Waals surface area contributed by atoms with Crippen LogP contribution in [0.3, 0.4) is 0 Å². The molecule has 0 amide bonds. The largest absolute Gasteiger partial charge is 1.00 e. The Hall–Kier alpha value is -0.400. The summed E-state index contributed by atoms with van der Waals surface area (Å²) in [7, 11) is -4.45. The fraction of sp³-hybridized carbons (Fsp3) is 0.364. The van der Waals surface area contributed by atoms with Gasteiger partial charge in [0.15, 0.2) is 0 Å². The normalized spacial score (nSPS) is 12.9. The van der Waals surface area contributed by atoms with E-state index >= 15 is 0 Å². The summed E-state index contributed by atoms with van der Waals surface area (Å²) in [4.78, 5) is 3.65. The summed E-state index contributed by atoms with van der Waals surface area (Å²) in [5.74, 6) is -0.858. The maximum atomic E-state index is 11.6. The number of rotatable bonds is 4. The molecule has 18 heavy (non-hydrogen) atoms. The van der Waals surface area contributed by atoms with E-state index in [2.05, 4.69) is 4.99 Å². The van der Waals surface area contributed by atoms with Crippen molar-refractivity contribution < 1.29 is 47.6 Å². The summed E-state index contributed by atoms with van der Waals surface area (Å²) >= 11 is 0. The van der Waals surface area contributed by atoms with Crippen LogP contribution in [0.25, 0.3) is 0 Å². The molecule has 94 valence electrons. The van der Waals surface area contributed by atoms with Crippen molar-refractivity contribution in [2.75, 3.05) is 0 Å². The zero-order valence-corrected chi connectivity index (χ0v) is 13.4. The van der Waals surface area contributed by atoms with E-state index in [4.69, 9.17) is 4.55 Å². The van der Waals surface area contributed by atoms with E-state index in [0.717, 1.165) is 19.4 Å². The molecule has 0 aliphatic heterocycles. The van der Waals surface area contributed by atoms with Crippen LogP contribution in [0.5, 0.6) is 0 Å². The summed E-state index contributed by atoms with van der Waals surface area (Å²) in [6.45, 7) is 2.34. The molecule has 0 aliphatic carbocycles. The molecule has 1 rings (SSSR count). The molecular weight excluding hydrogens is 265 g/mol. The Labute approximate surface area is 129 Å². The van der Waals surface area contributed by atoms with Crippen LogP contribution in [0.1, 0.15) is 19.4 Å². The zero-order valence-electron chi connectivity index (χ0n) is 10.6. The summed E-state index contributed by atoms with van der Waals surface area (Å²) in [6, 6.07) is 8.97. The van der Waals surface area contributed by atoms with E-state index in [9.17, 15) is 13.5 Å². The van der Waals surface area contributed by atoms with E-state index in [1.54, 1.807) is 24.3 Å². The first-order valence-corrected chi connectivity index (χ1v) is 6.42. The first-order valence-electron chi connectivity index (χ1n) is 4.98. The minimum atomic E-state index is -4.45. The molecule has 1 aromatic carbocycles. The van der Waals surface area contributed by atoms with Crippen molar-refractivity contribution >= 4 is 16.0 Å². The summed E-state index contributed by atoms with van der Waals surface area (Å²) in [5.41, 5.74) is 0.798. The smallest absolute Gasteiger partial charge is 0.861 e. The third-order valence-corrected chi connectivity index (χ3v) is 3.87. The fourth-order valence-corrected chi connectivity index (χ4v) is 1.33. The number of hydrogen-bond acceptors (Lipinski definition) is 4. The molecule has 0 bridgehead atoms. The SMILES string of the molecule is CC(C)(C([O-])=NCc1ccccc1)S(=O)(=O)O.[Na+]. The van der Waals surface area contributed by atoms with Crippen LogP contribution in [0.4, 0.5) is 0 Å². The van der Waals surface area contributed by atoms with Gasteiger partial charge < -0.3 is 5.11 Å². The molecule has 1 aromatic rings. The van der Waals surface area contributed by atoms with Crippen molar-refractivity contribution in [2.45, 2.75) is 25.1 Å². The molecule has 0 atom stereocenters. The van der Waals surface area contributed by atoms with Crippen LogP contribution < -0.4 is 34.7 Å². The van der Waals surface area contributed by atoms with Crippen LogP contribution in [0.15, 0.2) is 35.3 Å². The average molecular weight is 279 g/mol. The van der Waals surface area contributed by atoms with Gasteiger partial charge in [0.1, 0.15) is 4.75 Å². The summed E-state index contributed by atoms with van der Waals surface area (Å²) in [5, 5.41) is 11.6. The van der Waals surface area contributed by atoms with Gasteiger partial charge in [-0.3, -0.25) is 9.55 Å². The maximum absolute atomic E-state index is 11.6. The maximum Gasteiger partial charge on any atom is 1.00 e. The van der Waals surface area contributed by atoms with Crippen molar-refractivity contribution in [2.24, 2.45) is 4.99 Å². The molecule has 0 spiro atoms. The van der Waals surface area contributed by atoms with Crippen LogP contribution in [0.2, 0.25) is 0 Å². The van der Waals surface area contributed by atoms with Crippen LogP contribution in [0, 0.1) is 0 Å². The molecule has 0 fully saturated rings. The second-order valence-electron chi connectivity index (χ2n) is 4.09. The fourth-order valence-electron chi connectivity index (χ4n) is 1.05. The van der Waals surface area contributed by atoms with Gasteiger partial charge in [-0.25, -0.2) is 0 Å². The minimum Gasteiger partial charge on any atom is -0.861 e. The molecule has 5 nitrogen and oxygen atoms in total. The van der Waals surface area contributed by atoms with Crippen molar-refractivity contribution in [1.82, 2.24) is 0 Å². The third-order valence-electron chi connectivity index (χ3n) is 2.41. The van der Waals surface area contributed by atoms with Gasteiger partial charge in [-0.05, 0) is 25.3 Å². The summed E-state index contributed by atoms with van der Waals surface area (Å²) < 4.78 is 29.0. The number of hydrogen-bond donors (Lipinski definition) is 1. The molecule has 0 unspecified atom stereocenters. The van der Waals surface area contributed by atoms with Gasteiger partial charge in [-0.2, -0.15) is 8.42 Å². The molecule has 7 heteroatoms. The van der Waals surface area contributed by atoms with Crippen LogP contribution in [-0.4, -0.2) is 23.6 Å². The standard InChI is InChI=1S/C11H15NO4S.Na/c1-11(2,17(14,15)16)10(13)12-8-9-6-4-3-5-7-9;/h3-7H,8H2,1-2H3,(H,12,13)(H,14,15,16);/q;+1/p-1. The molecule has 0 saturated heterocycles. The van der Waals surface area contributed by atoms with Gasteiger partial charge in [-0.1, -0.05) is 30.3 Å². The van der Waals surface area contributed by atoms with Gasteiger partial charge in [0, 0.05) is 0 Å². The zero-order chi connectivity index (χ0) is 13.1. The van der Waals surface area contributed by atoms with Crippen molar-refractivity contribution in [1.29, 1.82) is 0 Å². The molecule has 0 aromatic heterocycles. The minimum absolute atomic E-state index is 0. The molecule has 0 saturated carbocycles. The van der Waals surface area contributed by atoms with Gasteiger partial charge in [0.05, 0.1) is 6.54 Å². The van der Waals surface area contributed by atoms with Gasteiger partial charge in [0.2, 0.25) is 0 Å². The van der Waals surface area contributed by atoms with Crippen molar-refractivity contribution in [3.63, 3.8) is 0 Å². The topological polar surface area (TPSA) is 89.8 Å². The van der Waals surface area contributed by atoms with E-state index in [-0.39, 0.29) is 36.1 Å². The van der Waals surface area contributed by atoms with E-state index < -0.39 is 20.8 Å². The number of benzene rings is 1.